The van der Waals surface area contributed by atoms with Gasteiger partial charge in [-0.25, -0.2) is 14.6 Å². The molecule has 0 bridgehead atoms. The number of allylic oxidation sites excluding steroid dienone is 1. The van der Waals surface area contributed by atoms with Crippen LogP contribution in [0.4, 0.5) is 5.69 Å². The molecule has 2 aliphatic heterocycles. The van der Waals surface area contributed by atoms with Gasteiger partial charge in [0.15, 0.2) is 0 Å². The van der Waals surface area contributed by atoms with Crippen molar-refractivity contribution in [3.63, 3.8) is 0 Å². The third kappa shape index (κ3) is 3.93. The molecule has 37 heavy (non-hydrogen) atoms. The molecular formula is C28H25N5O4. The predicted octanol–water partition coefficient (Wildman–Crippen LogP) is 3.39. The molecule has 1 unspecified atom stereocenters. The highest BCUT2D eigenvalue weighted by atomic mass is 16.5. The molecular weight excluding hydrogens is 470 g/mol. The average Bonchev–Trinajstić information content (AvgIpc) is 3.56. The van der Waals surface area contributed by atoms with E-state index in [1.54, 1.807) is 36.4 Å². The summed E-state index contributed by atoms with van der Waals surface area (Å²) in [7, 11) is 2.45. The van der Waals surface area contributed by atoms with Crippen LogP contribution < -0.4 is 10.6 Å². The quantitative estimate of drug-likeness (QED) is 0.534. The van der Waals surface area contributed by atoms with Crippen LogP contribution in [0, 0.1) is 11.3 Å². The molecule has 0 saturated heterocycles. The van der Waals surface area contributed by atoms with E-state index in [0.717, 1.165) is 36.5 Å². The number of hydrogen-bond acceptors (Lipinski definition) is 8. The Bertz CT molecular complexity index is 1480. The van der Waals surface area contributed by atoms with Crippen LogP contribution in [-0.2, 0) is 32.0 Å². The smallest absolute Gasteiger partial charge is 0.355 e. The summed E-state index contributed by atoms with van der Waals surface area (Å²) in [6.45, 7) is 0.915. The summed E-state index contributed by atoms with van der Waals surface area (Å²) in [6, 6.07) is 18.4. The van der Waals surface area contributed by atoms with Gasteiger partial charge in [0, 0.05) is 18.7 Å². The molecule has 3 heterocycles. The molecule has 5 rings (SSSR count). The first-order valence-electron chi connectivity index (χ1n) is 11.8. The van der Waals surface area contributed by atoms with Crippen molar-refractivity contribution >= 4 is 17.6 Å². The number of esters is 2. The number of carbonyl (C=O) groups excluding carboxylic acids is 2. The summed E-state index contributed by atoms with van der Waals surface area (Å²) in [5.74, 6) is -1.35. The van der Waals surface area contributed by atoms with Gasteiger partial charge in [-0.15, -0.1) is 0 Å². The zero-order valence-electron chi connectivity index (χ0n) is 20.5. The molecule has 0 radical (unpaired) electrons. The number of hydrogen-bond donors (Lipinski definition) is 1. The molecule has 2 aromatic carbocycles. The van der Waals surface area contributed by atoms with Crippen molar-refractivity contribution in [3.8, 4) is 17.3 Å². The Morgan fingerprint density at radius 1 is 1.05 bits per heavy atom. The van der Waals surface area contributed by atoms with Gasteiger partial charge in [0.1, 0.15) is 17.3 Å². The first kappa shape index (κ1) is 23.9. The first-order valence-corrected chi connectivity index (χ1v) is 11.8. The van der Waals surface area contributed by atoms with E-state index in [1.807, 2.05) is 24.4 Å². The summed E-state index contributed by atoms with van der Waals surface area (Å²) >= 11 is 0. The molecule has 1 aromatic heterocycles. The van der Waals surface area contributed by atoms with Crippen LogP contribution in [-0.4, -0.2) is 35.7 Å². The van der Waals surface area contributed by atoms with Gasteiger partial charge in [-0.1, -0.05) is 42.5 Å². The van der Waals surface area contributed by atoms with E-state index >= 15 is 0 Å². The van der Waals surface area contributed by atoms with E-state index in [2.05, 4.69) is 15.6 Å². The van der Waals surface area contributed by atoms with Crippen LogP contribution in [0.1, 0.15) is 23.7 Å². The maximum absolute atomic E-state index is 13.2. The van der Waals surface area contributed by atoms with E-state index < -0.39 is 17.9 Å². The number of nitriles is 1. The van der Waals surface area contributed by atoms with Crippen molar-refractivity contribution in [3.05, 3.63) is 94.8 Å². The maximum atomic E-state index is 13.2. The standard InChI is InChI=1S/C28H25N5O4/c1-36-27(34)24-23(18-7-4-3-5-8-18)20(15-29)26(30)33(25(24)28(35)37-2)19-12-10-17(11-13-19)21-16-31-22-9-6-14-32(21)22/h3-5,7-8,10-13,16,23H,6,9,14,30H2,1-2H3. The van der Waals surface area contributed by atoms with E-state index in [4.69, 9.17) is 15.2 Å². The Labute approximate surface area is 214 Å². The summed E-state index contributed by atoms with van der Waals surface area (Å²) in [5.41, 5.74) is 9.62. The Morgan fingerprint density at radius 2 is 1.76 bits per heavy atom. The average molecular weight is 496 g/mol. The third-order valence-electron chi connectivity index (χ3n) is 6.75. The molecule has 9 heteroatoms. The predicted molar refractivity (Wildman–Crippen MR) is 136 cm³/mol. The largest absolute Gasteiger partial charge is 0.466 e. The van der Waals surface area contributed by atoms with E-state index in [1.165, 1.54) is 19.1 Å². The summed E-state index contributed by atoms with van der Waals surface area (Å²) in [4.78, 5) is 32.2. The minimum atomic E-state index is -0.905. The van der Waals surface area contributed by atoms with Crippen molar-refractivity contribution in [2.75, 3.05) is 19.1 Å². The fraction of sp³-hybridized carbons (Fsp3) is 0.214. The first-order chi connectivity index (χ1) is 18.0. The zero-order chi connectivity index (χ0) is 26.1. The molecule has 0 saturated carbocycles. The van der Waals surface area contributed by atoms with Crippen LogP contribution in [0.3, 0.4) is 0 Å². The summed E-state index contributed by atoms with van der Waals surface area (Å²) < 4.78 is 12.3. The fourth-order valence-electron chi connectivity index (χ4n) is 5.05. The van der Waals surface area contributed by atoms with Gasteiger partial charge in [0.05, 0.1) is 49.2 Å². The number of fused-ring (bicyclic) bond motifs is 1. The molecule has 3 aromatic rings. The van der Waals surface area contributed by atoms with Gasteiger partial charge < -0.3 is 19.8 Å². The second-order valence-corrected chi connectivity index (χ2v) is 8.70. The minimum absolute atomic E-state index is 0.0241. The second kappa shape index (κ2) is 9.66. The lowest BCUT2D eigenvalue weighted by atomic mass is 9.81. The zero-order valence-corrected chi connectivity index (χ0v) is 20.5. The molecule has 2 aliphatic rings. The van der Waals surface area contributed by atoms with Gasteiger partial charge in [0.25, 0.3) is 0 Å². The maximum Gasteiger partial charge on any atom is 0.355 e. The molecule has 0 fully saturated rings. The summed E-state index contributed by atoms with van der Waals surface area (Å²) in [5, 5.41) is 10.2. The van der Waals surface area contributed by atoms with Gasteiger partial charge in [-0.3, -0.25) is 4.90 Å². The number of nitrogens with two attached hydrogens (primary N) is 1. The van der Waals surface area contributed by atoms with Crippen LogP contribution in [0.5, 0.6) is 0 Å². The number of ether oxygens (including phenoxy) is 2. The van der Waals surface area contributed by atoms with Crippen molar-refractivity contribution < 1.29 is 19.1 Å². The second-order valence-electron chi connectivity index (χ2n) is 8.70. The number of aromatic nitrogens is 2. The van der Waals surface area contributed by atoms with Crippen LogP contribution in [0.2, 0.25) is 0 Å². The van der Waals surface area contributed by atoms with Crippen molar-refractivity contribution in [2.24, 2.45) is 5.73 Å². The molecule has 0 amide bonds. The number of imidazole rings is 1. The van der Waals surface area contributed by atoms with Gasteiger partial charge >= 0.3 is 11.9 Å². The highest BCUT2D eigenvalue weighted by Gasteiger charge is 2.43. The lowest BCUT2D eigenvalue weighted by Gasteiger charge is -2.35. The number of benzene rings is 2. The van der Waals surface area contributed by atoms with Crippen molar-refractivity contribution in [2.45, 2.75) is 25.3 Å². The molecule has 186 valence electrons. The molecule has 2 N–H and O–H groups in total. The Kier molecular flexibility index (Phi) is 6.24. The van der Waals surface area contributed by atoms with E-state index in [-0.39, 0.29) is 22.7 Å². The third-order valence-corrected chi connectivity index (χ3v) is 6.75. The topological polar surface area (TPSA) is 123 Å². The van der Waals surface area contributed by atoms with Gasteiger partial charge in [-0.2, -0.15) is 5.26 Å². The lowest BCUT2D eigenvalue weighted by molar-refractivity contribution is -0.139. The Hall–Kier alpha value is -4.84. The lowest BCUT2D eigenvalue weighted by Crippen LogP contribution is -2.40. The highest BCUT2D eigenvalue weighted by molar-refractivity contribution is 6.06. The number of anilines is 1. The van der Waals surface area contributed by atoms with Crippen molar-refractivity contribution in [1.82, 2.24) is 9.55 Å². The normalized spacial score (nSPS) is 16.9. The SMILES string of the molecule is COC(=O)C1=C(C(=O)OC)N(c2ccc(-c3cnc4n3CCC4)cc2)C(N)=C(C#N)C1c1ccccc1. The number of rotatable bonds is 5. The monoisotopic (exact) mass is 495 g/mol. The number of methoxy groups -OCH3 is 2. The van der Waals surface area contributed by atoms with E-state index in [9.17, 15) is 14.9 Å². The van der Waals surface area contributed by atoms with Crippen LogP contribution in [0.25, 0.3) is 11.3 Å². The molecule has 1 atom stereocenters. The minimum Gasteiger partial charge on any atom is -0.466 e. The van der Waals surface area contributed by atoms with Crippen molar-refractivity contribution in [1.29, 1.82) is 5.26 Å². The number of carbonyl (C=O) groups is 2. The highest BCUT2D eigenvalue weighted by Crippen LogP contribution is 2.43. The molecule has 0 spiro atoms. The van der Waals surface area contributed by atoms with Crippen LogP contribution in [0.15, 0.2) is 83.5 Å². The summed E-state index contributed by atoms with van der Waals surface area (Å²) in [6.07, 6.45) is 3.87. The van der Waals surface area contributed by atoms with Crippen LogP contribution >= 0.6 is 0 Å². The molecule has 0 aliphatic carbocycles. The molecule has 9 nitrogen and oxygen atoms in total. The Morgan fingerprint density at radius 3 is 2.41 bits per heavy atom. The number of nitrogens with zero attached hydrogens (tertiary/aromatic N) is 4. The van der Waals surface area contributed by atoms with E-state index in [0.29, 0.717) is 11.3 Å². The fourth-order valence-corrected chi connectivity index (χ4v) is 5.05. The Balaban J connectivity index is 1.68. The van der Waals surface area contributed by atoms with Gasteiger partial charge in [0.2, 0.25) is 0 Å². The number of aryl methyl sites for hydroxylation is 1. The van der Waals surface area contributed by atoms with Gasteiger partial charge in [-0.05, 0) is 29.7 Å².